The van der Waals surface area contributed by atoms with E-state index in [-0.39, 0.29) is 24.2 Å². The summed E-state index contributed by atoms with van der Waals surface area (Å²) in [6.07, 6.45) is 2.60. The van der Waals surface area contributed by atoms with E-state index in [9.17, 15) is 9.59 Å². The lowest BCUT2D eigenvalue weighted by molar-refractivity contribution is -0.121. The minimum atomic E-state index is -0.201. The van der Waals surface area contributed by atoms with Crippen LogP contribution in [-0.4, -0.2) is 26.6 Å². The van der Waals surface area contributed by atoms with Crippen molar-refractivity contribution in [2.75, 3.05) is 5.32 Å². The van der Waals surface area contributed by atoms with Crippen LogP contribution >= 0.6 is 0 Å². The molecule has 1 aromatic heterocycles. The number of rotatable bonds is 9. The Hall–Kier alpha value is -3.48. The Morgan fingerprint density at radius 2 is 1.50 bits per heavy atom. The van der Waals surface area contributed by atoms with Gasteiger partial charge in [-0.1, -0.05) is 60.7 Å². The summed E-state index contributed by atoms with van der Waals surface area (Å²) in [7, 11) is 0. The highest BCUT2D eigenvalue weighted by molar-refractivity contribution is 5.89. The molecule has 0 unspecified atom stereocenters. The van der Waals surface area contributed by atoms with E-state index in [1.165, 1.54) is 0 Å². The number of nitrogens with one attached hydrogen (secondary N) is 2. The molecule has 3 aromatic rings. The predicted molar refractivity (Wildman–Crippen MR) is 106 cm³/mol. The quantitative estimate of drug-likeness (QED) is 0.600. The summed E-state index contributed by atoms with van der Waals surface area (Å²) >= 11 is 0. The second kappa shape index (κ2) is 10.0. The van der Waals surface area contributed by atoms with Crippen molar-refractivity contribution in [2.24, 2.45) is 0 Å². The molecule has 0 aliphatic heterocycles. The third kappa shape index (κ3) is 6.35. The van der Waals surface area contributed by atoms with Crippen LogP contribution in [-0.2, 0) is 22.7 Å². The van der Waals surface area contributed by atoms with Crippen LogP contribution in [0.25, 0.3) is 0 Å². The molecule has 1 heterocycles. The first-order valence-corrected chi connectivity index (χ1v) is 9.23. The third-order valence-corrected chi connectivity index (χ3v) is 4.12. The smallest absolute Gasteiger partial charge is 0.248 e. The van der Waals surface area contributed by atoms with Gasteiger partial charge in [-0.15, -0.1) is 5.10 Å². The number of carbonyl (C=O) groups is 2. The van der Waals surface area contributed by atoms with E-state index >= 15 is 0 Å². The Balaban J connectivity index is 1.35. The standard InChI is InChI=1S/C21H23N5O2/c27-19(22-14-17-8-3-1-4-9-17)12-7-13-20(28)24-21-23-16-26(25-21)15-18-10-5-2-6-11-18/h1-6,8-11,16H,7,12-15H2,(H,22,27)(H,24,25,28). The van der Waals surface area contributed by atoms with E-state index in [0.29, 0.717) is 25.9 Å². The molecule has 0 saturated carbocycles. The molecule has 0 fully saturated rings. The molecule has 0 radical (unpaired) electrons. The number of aromatic nitrogens is 3. The molecule has 7 heteroatoms. The minimum Gasteiger partial charge on any atom is -0.352 e. The maximum Gasteiger partial charge on any atom is 0.248 e. The van der Waals surface area contributed by atoms with Crippen LogP contribution in [0.2, 0.25) is 0 Å². The van der Waals surface area contributed by atoms with E-state index in [2.05, 4.69) is 20.7 Å². The average molecular weight is 377 g/mol. The summed E-state index contributed by atoms with van der Waals surface area (Å²) in [5.41, 5.74) is 2.15. The van der Waals surface area contributed by atoms with Crippen LogP contribution < -0.4 is 10.6 Å². The highest BCUT2D eigenvalue weighted by Crippen LogP contribution is 2.05. The van der Waals surface area contributed by atoms with Crippen LogP contribution in [0.5, 0.6) is 0 Å². The molecule has 0 bridgehead atoms. The number of hydrogen-bond acceptors (Lipinski definition) is 4. The lowest BCUT2D eigenvalue weighted by Gasteiger charge is -2.05. The number of anilines is 1. The lowest BCUT2D eigenvalue weighted by atomic mass is 10.2. The van der Waals surface area contributed by atoms with E-state index in [1.54, 1.807) is 11.0 Å². The largest absolute Gasteiger partial charge is 0.352 e. The first-order valence-electron chi connectivity index (χ1n) is 9.23. The molecule has 28 heavy (non-hydrogen) atoms. The maximum atomic E-state index is 12.0. The Morgan fingerprint density at radius 1 is 0.857 bits per heavy atom. The normalized spacial score (nSPS) is 10.4. The van der Waals surface area contributed by atoms with Gasteiger partial charge in [0.2, 0.25) is 17.8 Å². The zero-order valence-corrected chi connectivity index (χ0v) is 15.5. The fourth-order valence-electron chi connectivity index (χ4n) is 2.68. The topological polar surface area (TPSA) is 88.9 Å². The number of benzene rings is 2. The van der Waals surface area contributed by atoms with Crippen molar-refractivity contribution in [1.82, 2.24) is 20.1 Å². The molecule has 3 rings (SSSR count). The van der Waals surface area contributed by atoms with Crippen LogP contribution in [0.15, 0.2) is 67.0 Å². The summed E-state index contributed by atoms with van der Waals surface area (Å²) in [6, 6.07) is 19.6. The van der Waals surface area contributed by atoms with Gasteiger partial charge in [-0.05, 0) is 17.5 Å². The molecular weight excluding hydrogens is 354 g/mol. The Bertz CT molecular complexity index is 893. The summed E-state index contributed by atoms with van der Waals surface area (Å²) in [4.78, 5) is 28.0. The van der Waals surface area contributed by atoms with Gasteiger partial charge in [0.05, 0.1) is 6.54 Å². The van der Waals surface area contributed by atoms with Gasteiger partial charge in [-0.3, -0.25) is 14.9 Å². The molecule has 0 saturated heterocycles. The number of amides is 2. The summed E-state index contributed by atoms with van der Waals surface area (Å²) in [5.74, 6) is 0.00435. The van der Waals surface area contributed by atoms with Crippen LogP contribution in [0.1, 0.15) is 30.4 Å². The monoisotopic (exact) mass is 377 g/mol. The molecule has 7 nitrogen and oxygen atoms in total. The van der Waals surface area contributed by atoms with Crippen LogP contribution in [0, 0.1) is 0 Å². The van der Waals surface area contributed by atoms with Gasteiger partial charge in [0.1, 0.15) is 6.33 Å². The van der Waals surface area contributed by atoms with Crippen LogP contribution in [0.3, 0.4) is 0 Å². The third-order valence-electron chi connectivity index (χ3n) is 4.12. The van der Waals surface area contributed by atoms with Gasteiger partial charge in [-0.25, -0.2) is 9.67 Å². The van der Waals surface area contributed by atoms with Gasteiger partial charge < -0.3 is 5.32 Å². The Kier molecular flexibility index (Phi) is 6.89. The second-order valence-electron chi connectivity index (χ2n) is 6.42. The number of nitrogens with zero attached hydrogens (tertiary/aromatic N) is 3. The van der Waals surface area contributed by atoms with Gasteiger partial charge in [0.15, 0.2) is 0 Å². The van der Waals surface area contributed by atoms with Gasteiger partial charge in [-0.2, -0.15) is 0 Å². The van der Waals surface area contributed by atoms with Gasteiger partial charge in [0.25, 0.3) is 0 Å². The molecule has 2 aromatic carbocycles. The second-order valence-corrected chi connectivity index (χ2v) is 6.42. The first-order chi connectivity index (χ1) is 13.7. The highest BCUT2D eigenvalue weighted by Gasteiger charge is 2.08. The summed E-state index contributed by atoms with van der Waals surface area (Å²) in [6.45, 7) is 1.08. The van der Waals surface area contributed by atoms with Crippen molar-refractivity contribution >= 4 is 17.8 Å². The molecule has 0 atom stereocenters. The Labute approximate surface area is 163 Å². The van der Waals surface area contributed by atoms with Gasteiger partial charge >= 0.3 is 0 Å². The average Bonchev–Trinajstić information content (AvgIpc) is 3.14. The molecule has 2 N–H and O–H groups in total. The summed E-state index contributed by atoms with van der Waals surface area (Å²) in [5, 5.41) is 9.76. The first kappa shape index (κ1) is 19.3. The van der Waals surface area contributed by atoms with E-state index < -0.39 is 0 Å². The zero-order valence-electron chi connectivity index (χ0n) is 15.5. The summed E-state index contributed by atoms with van der Waals surface area (Å²) < 4.78 is 1.67. The SMILES string of the molecule is O=C(CCCC(=O)Nc1ncn(Cc2ccccc2)n1)NCc1ccccc1. The number of hydrogen-bond donors (Lipinski definition) is 2. The van der Waals surface area contributed by atoms with Crippen LogP contribution in [0.4, 0.5) is 5.95 Å². The maximum absolute atomic E-state index is 12.0. The molecule has 0 aliphatic rings. The van der Waals surface area contributed by atoms with E-state index in [4.69, 9.17) is 0 Å². The van der Waals surface area contributed by atoms with Crippen molar-refractivity contribution < 1.29 is 9.59 Å². The van der Waals surface area contributed by atoms with Crippen molar-refractivity contribution in [3.63, 3.8) is 0 Å². The fraction of sp³-hybridized carbons (Fsp3) is 0.238. The molecule has 0 spiro atoms. The van der Waals surface area contributed by atoms with E-state index in [0.717, 1.165) is 11.1 Å². The van der Waals surface area contributed by atoms with Crippen molar-refractivity contribution in [2.45, 2.75) is 32.4 Å². The zero-order chi connectivity index (χ0) is 19.6. The predicted octanol–water partition coefficient (Wildman–Crippen LogP) is 2.75. The van der Waals surface area contributed by atoms with Gasteiger partial charge in [0, 0.05) is 19.4 Å². The van der Waals surface area contributed by atoms with E-state index in [1.807, 2.05) is 60.7 Å². The Morgan fingerprint density at radius 3 is 2.21 bits per heavy atom. The molecule has 144 valence electrons. The molecule has 0 aliphatic carbocycles. The fourth-order valence-corrected chi connectivity index (χ4v) is 2.68. The van der Waals surface area contributed by atoms with Crippen molar-refractivity contribution in [1.29, 1.82) is 0 Å². The molecular formula is C21H23N5O2. The van der Waals surface area contributed by atoms with Crippen molar-refractivity contribution in [3.8, 4) is 0 Å². The minimum absolute atomic E-state index is 0.0677. The van der Waals surface area contributed by atoms with Crippen molar-refractivity contribution in [3.05, 3.63) is 78.1 Å². The highest BCUT2D eigenvalue weighted by atomic mass is 16.2. The number of carbonyl (C=O) groups excluding carboxylic acids is 2. The lowest BCUT2D eigenvalue weighted by Crippen LogP contribution is -2.23. The molecule has 2 amide bonds.